The van der Waals surface area contributed by atoms with Crippen LogP contribution in [0.3, 0.4) is 0 Å². The van der Waals surface area contributed by atoms with E-state index in [1.807, 2.05) is 6.92 Å². The van der Waals surface area contributed by atoms with E-state index in [2.05, 4.69) is 12.6 Å². The molecule has 0 amide bonds. The SMILES string of the molecule is Cc1cc(CC(F)F)ccc1S. The van der Waals surface area contributed by atoms with E-state index < -0.39 is 6.43 Å². The minimum atomic E-state index is -2.27. The molecule has 0 aliphatic rings. The van der Waals surface area contributed by atoms with Crippen molar-refractivity contribution in [2.45, 2.75) is 24.7 Å². The highest BCUT2D eigenvalue weighted by molar-refractivity contribution is 7.80. The number of halogens is 2. The van der Waals surface area contributed by atoms with Gasteiger partial charge in [0, 0.05) is 11.3 Å². The molecule has 3 heteroatoms. The summed E-state index contributed by atoms with van der Waals surface area (Å²) in [5.74, 6) is 0. The molecule has 0 N–H and O–H groups in total. The van der Waals surface area contributed by atoms with E-state index in [9.17, 15) is 8.78 Å². The second-order valence-electron chi connectivity index (χ2n) is 2.72. The highest BCUT2D eigenvalue weighted by atomic mass is 32.1. The van der Waals surface area contributed by atoms with Crippen molar-refractivity contribution >= 4 is 12.6 Å². The van der Waals surface area contributed by atoms with E-state index in [1.54, 1.807) is 18.2 Å². The third-order valence-electron chi connectivity index (χ3n) is 1.65. The third-order valence-corrected chi connectivity index (χ3v) is 2.15. The predicted octanol–water partition coefficient (Wildman–Crippen LogP) is 3.09. The van der Waals surface area contributed by atoms with E-state index in [1.165, 1.54) is 0 Å². The maximum atomic E-state index is 11.9. The zero-order valence-corrected chi connectivity index (χ0v) is 7.61. The highest BCUT2D eigenvalue weighted by Gasteiger charge is 2.04. The van der Waals surface area contributed by atoms with E-state index in [0.29, 0.717) is 5.56 Å². The van der Waals surface area contributed by atoms with Gasteiger partial charge in [0.15, 0.2) is 0 Å². The lowest BCUT2D eigenvalue weighted by atomic mass is 10.1. The van der Waals surface area contributed by atoms with Crippen molar-refractivity contribution in [3.63, 3.8) is 0 Å². The topological polar surface area (TPSA) is 0 Å². The van der Waals surface area contributed by atoms with Gasteiger partial charge in [-0.25, -0.2) is 8.78 Å². The number of alkyl halides is 2. The zero-order valence-electron chi connectivity index (χ0n) is 6.72. The first-order valence-corrected chi connectivity index (χ1v) is 4.11. The first-order valence-electron chi connectivity index (χ1n) is 3.66. The Hall–Kier alpha value is -0.570. The molecular formula is C9H10F2S. The predicted molar refractivity (Wildman–Crippen MR) is 48.1 cm³/mol. The fraction of sp³-hybridized carbons (Fsp3) is 0.333. The quantitative estimate of drug-likeness (QED) is 0.677. The van der Waals surface area contributed by atoms with Gasteiger partial charge in [0.1, 0.15) is 0 Å². The van der Waals surface area contributed by atoms with E-state index in [-0.39, 0.29) is 6.42 Å². The molecule has 12 heavy (non-hydrogen) atoms. The lowest BCUT2D eigenvalue weighted by Crippen LogP contribution is -1.96. The minimum Gasteiger partial charge on any atom is -0.210 e. The molecule has 0 aliphatic carbocycles. The molecule has 0 aromatic heterocycles. The lowest BCUT2D eigenvalue weighted by Gasteiger charge is -2.03. The number of hydrogen-bond acceptors (Lipinski definition) is 1. The summed E-state index contributed by atoms with van der Waals surface area (Å²) in [6.07, 6.45) is -2.44. The summed E-state index contributed by atoms with van der Waals surface area (Å²) in [7, 11) is 0. The fourth-order valence-electron chi connectivity index (χ4n) is 1.02. The van der Waals surface area contributed by atoms with Crippen LogP contribution in [-0.2, 0) is 6.42 Å². The van der Waals surface area contributed by atoms with Crippen LogP contribution in [0.25, 0.3) is 0 Å². The molecule has 0 spiro atoms. The average Bonchev–Trinajstić information content (AvgIpc) is 1.96. The second kappa shape index (κ2) is 3.90. The van der Waals surface area contributed by atoms with Gasteiger partial charge in [-0.3, -0.25) is 0 Å². The highest BCUT2D eigenvalue weighted by Crippen LogP contribution is 2.16. The van der Waals surface area contributed by atoms with Crippen molar-refractivity contribution < 1.29 is 8.78 Å². The molecule has 0 aliphatic heterocycles. The molecule has 1 rings (SSSR count). The Morgan fingerprint density at radius 2 is 2.08 bits per heavy atom. The van der Waals surface area contributed by atoms with Gasteiger partial charge in [0.05, 0.1) is 0 Å². The van der Waals surface area contributed by atoms with Crippen molar-refractivity contribution in [1.82, 2.24) is 0 Å². The molecule has 0 atom stereocenters. The Morgan fingerprint density at radius 3 is 2.58 bits per heavy atom. The van der Waals surface area contributed by atoms with Gasteiger partial charge in [-0.1, -0.05) is 12.1 Å². The van der Waals surface area contributed by atoms with Gasteiger partial charge >= 0.3 is 0 Å². The Labute approximate surface area is 76.0 Å². The molecule has 0 saturated heterocycles. The molecule has 1 aromatic carbocycles. The summed E-state index contributed by atoms with van der Waals surface area (Å²) in [6.45, 7) is 1.86. The molecule has 0 heterocycles. The van der Waals surface area contributed by atoms with Gasteiger partial charge in [-0.05, 0) is 24.1 Å². The molecule has 0 fully saturated rings. The number of aryl methyl sites for hydroxylation is 1. The van der Waals surface area contributed by atoms with Crippen LogP contribution in [-0.4, -0.2) is 6.43 Å². The van der Waals surface area contributed by atoms with Gasteiger partial charge in [-0.2, -0.15) is 0 Å². The number of thiol groups is 1. The first kappa shape index (κ1) is 9.52. The third kappa shape index (κ3) is 2.48. The summed E-state index contributed by atoms with van der Waals surface area (Å²) >= 11 is 4.15. The molecule has 0 nitrogen and oxygen atoms in total. The van der Waals surface area contributed by atoms with E-state index >= 15 is 0 Å². The lowest BCUT2D eigenvalue weighted by molar-refractivity contribution is 0.149. The van der Waals surface area contributed by atoms with Gasteiger partial charge < -0.3 is 0 Å². The Balaban J connectivity index is 2.82. The Bertz CT molecular complexity index is 271. The average molecular weight is 188 g/mol. The van der Waals surface area contributed by atoms with Gasteiger partial charge in [-0.15, -0.1) is 12.6 Å². The molecule has 1 aromatic rings. The standard InChI is InChI=1S/C9H10F2S/c1-6-4-7(5-9(10)11)2-3-8(6)12/h2-4,9,12H,5H2,1H3. The summed E-state index contributed by atoms with van der Waals surface area (Å²) < 4.78 is 23.9. The van der Waals surface area contributed by atoms with Gasteiger partial charge in [0.2, 0.25) is 6.43 Å². The molecule has 0 bridgehead atoms. The van der Waals surface area contributed by atoms with Crippen molar-refractivity contribution in [1.29, 1.82) is 0 Å². The number of rotatable bonds is 2. The largest absolute Gasteiger partial charge is 0.242 e. The molecule has 66 valence electrons. The summed E-state index contributed by atoms with van der Waals surface area (Å²) in [4.78, 5) is 0.841. The minimum absolute atomic E-state index is 0.172. The molecule has 0 saturated carbocycles. The van der Waals surface area contributed by atoms with Crippen LogP contribution < -0.4 is 0 Å². The van der Waals surface area contributed by atoms with Crippen LogP contribution in [0.4, 0.5) is 8.78 Å². The van der Waals surface area contributed by atoms with Crippen LogP contribution in [0.1, 0.15) is 11.1 Å². The van der Waals surface area contributed by atoms with Crippen LogP contribution >= 0.6 is 12.6 Å². The fourth-order valence-corrected chi connectivity index (χ4v) is 1.16. The van der Waals surface area contributed by atoms with Crippen LogP contribution in [0.15, 0.2) is 23.1 Å². The Morgan fingerprint density at radius 1 is 1.42 bits per heavy atom. The van der Waals surface area contributed by atoms with Crippen molar-refractivity contribution in [3.05, 3.63) is 29.3 Å². The smallest absolute Gasteiger partial charge is 0.210 e. The molecular weight excluding hydrogens is 178 g/mol. The summed E-state index contributed by atoms with van der Waals surface area (Å²) in [6, 6.07) is 5.17. The Kier molecular flexibility index (Phi) is 3.09. The summed E-state index contributed by atoms with van der Waals surface area (Å²) in [5.41, 5.74) is 1.61. The molecule has 0 radical (unpaired) electrons. The monoisotopic (exact) mass is 188 g/mol. The number of benzene rings is 1. The van der Waals surface area contributed by atoms with Crippen molar-refractivity contribution in [2.24, 2.45) is 0 Å². The van der Waals surface area contributed by atoms with Crippen LogP contribution in [0.2, 0.25) is 0 Å². The van der Waals surface area contributed by atoms with Gasteiger partial charge in [0.25, 0.3) is 0 Å². The zero-order chi connectivity index (χ0) is 9.14. The van der Waals surface area contributed by atoms with Crippen molar-refractivity contribution in [2.75, 3.05) is 0 Å². The maximum Gasteiger partial charge on any atom is 0.242 e. The maximum absolute atomic E-state index is 11.9. The first-order chi connectivity index (χ1) is 5.59. The van der Waals surface area contributed by atoms with E-state index in [4.69, 9.17) is 0 Å². The molecule has 0 unspecified atom stereocenters. The second-order valence-corrected chi connectivity index (χ2v) is 3.20. The normalized spacial score (nSPS) is 10.8. The van der Waals surface area contributed by atoms with Crippen molar-refractivity contribution in [3.8, 4) is 0 Å². The van der Waals surface area contributed by atoms with E-state index in [0.717, 1.165) is 10.5 Å². The number of hydrogen-bond donors (Lipinski definition) is 1. The summed E-state index contributed by atoms with van der Waals surface area (Å²) in [5, 5.41) is 0. The van der Waals surface area contributed by atoms with Crippen LogP contribution in [0, 0.1) is 6.92 Å². The van der Waals surface area contributed by atoms with Crippen LogP contribution in [0.5, 0.6) is 0 Å².